The van der Waals surface area contributed by atoms with Gasteiger partial charge in [0.15, 0.2) is 0 Å². The maximum Gasteiger partial charge on any atom is 0.340 e. The van der Waals surface area contributed by atoms with Gasteiger partial charge in [0.2, 0.25) is 0 Å². The Balaban J connectivity index is 2.64. The monoisotopic (exact) mass is 286 g/mol. The largest absolute Gasteiger partial charge is 0.478 e. The van der Waals surface area contributed by atoms with E-state index >= 15 is 0 Å². The molecule has 0 saturated heterocycles. The molecule has 1 rings (SSSR count). The molecule has 2 amide bonds. The molecule has 0 radical (unpaired) electrons. The number of urea groups is 1. The first kappa shape index (κ1) is 15.3. The summed E-state index contributed by atoms with van der Waals surface area (Å²) in [6.45, 7) is 0.477. The number of benzene rings is 1. The van der Waals surface area contributed by atoms with Gasteiger partial charge >= 0.3 is 12.0 Å². The van der Waals surface area contributed by atoms with Crippen LogP contribution in [0, 0.1) is 5.82 Å². The van der Waals surface area contributed by atoms with Crippen LogP contribution in [-0.2, 0) is 0 Å². The van der Waals surface area contributed by atoms with E-state index in [-0.39, 0.29) is 5.69 Å². The van der Waals surface area contributed by atoms with Crippen molar-refractivity contribution >= 4 is 29.4 Å². The molecule has 0 aliphatic heterocycles. The van der Waals surface area contributed by atoms with E-state index in [1.165, 1.54) is 12.1 Å². The lowest BCUT2D eigenvalue weighted by Crippen LogP contribution is -2.30. The summed E-state index contributed by atoms with van der Waals surface area (Å²) in [6, 6.07) is 3.17. The molecule has 0 spiro atoms. The lowest BCUT2D eigenvalue weighted by molar-refractivity contribution is 0.0693. The van der Waals surface area contributed by atoms with E-state index in [2.05, 4.69) is 10.6 Å². The number of thioether (sulfide) groups is 1. The van der Waals surface area contributed by atoms with Gasteiger partial charge in [0.1, 0.15) is 11.4 Å². The molecule has 0 atom stereocenters. The normalized spacial score (nSPS) is 10.0. The fourth-order valence-electron chi connectivity index (χ4n) is 1.43. The van der Waals surface area contributed by atoms with Crippen molar-refractivity contribution in [3.63, 3.8) is 0 Å². The molecule has 1 aromatic rings. The standard InChI is InChI=1S/C12H15FN2O3S/c1-19-7-3-6-14-12(18)15-9-5-2-4-8(13)10(9)11(16)17/h2,4-5H,3,6-7H2,1H3,(H,16,17)(H2,14,15,18). The highest BCUT2D eigenvalue weighted by molar-refractivity contribution is 7.98. The Kier molecular flexibility index (Phi) is 6.14. The van der Waals surface area contributed by atoms with E-state index in [0.29, 0.717) is 6.54 Å². The SMILES string of the molecule is CSCCCNC(=O)Nc1cccc(F)c1C(=O)O. The molecule has 5 nitrogen and oxygen atoms in total. The highest BCUT2D eigenvalue weighted by Gasteiger charge is 2.16. The van der Waals surface area contributed by atoms with Gasteiger partial charge in [-0.1, -0.05) is 6.07 Å². The number of aromatic carboxylic acids is 1. The van der Waals surface area contributed by atoms with Gasteiger partial charge in [-0.05, 0) is 30.6 Å². The van der Waals surface area contributed by atoms with Gasteiger partial charge < -0.3 is 15.7 Å². The number of hydrogen-bond donors (Lipinski definition) is 3. The zero-order chi connectivity index (χ0) is 14.3. The Hall–Kier alpha value is -1.76. The van der Waals surface area contributed by atoms with Crippen molar-refractivity contribution in [3.05, 3.63) is 29.6 Å². The molecule has 0 unspecified atom stereocenters. The Bertz CT molecular complexity index is 468. The molecule has 0 bridgehead atoms. The topological polar surface area (TPSA) is 78.4 Å². The smallest absolute Gasteiger partial charge is 0.340 e. The van der Waals surface area contributed by atoms with Gasteiger partial charge in [0, 0.05) is 6.54 Å². The van der Waals surface area contributed by atoms with Crippen LogP contribution in [0.5, 0.6) is 0 Å². The third kappa shape index (κ3) is 4.78. The molecule has 0 heterocycles. The van der Waals surface area contributed by atoms with Crippen molar-refractivity contribution in [1.82, 2.24) is 5.32 Å². The first-order valence-corrected chi connectivity index (χ1v) is 7.01. The average molecular weight is 286 g/mol. The van der Waals surface area contributed by atoms with Crippen LogP contribution in [0.2, 0.25) is 0 Å². The number of halogens is 1. The van der Waals surface area contributed by atoms with E-state index in [1.807, 2.05) is 6.26 Å². The number of carbonyl (C=O) groups is 2. The lowest BCUT2D eigenvalue weighted by atomic mass is 10.1. The van der Waals surface area contributed by atoms with Gasteiger partial charge in [-0.2, -0.15) is 11.8 Å². The molecule has 0 aromatic heterocycles. The number of nitrogens with one attached hydrogen (secondary N) is 2. The number of anilines is 1. The number of carbonyl (C=O) groups excluding carboxylic acids is 1. The Morgan fingerprint density at radius 2 is 2.16 bits per heavy atom. The van der Waals surface area contributed by atoms with Crippen molar-refractivity contribution < 1.29 is 19.1 Å². The van der Waals surface area contributed by atoms with Crippen molar-refractivity contribution in [2.45, 2.75) is 6.42 Å². The second kappa shape index (κ2) is 7.63. The molecule has 0 aliphatic rings. The summed E-state index contributed by atoms with van der Waals surface area (Å²) < 4.78 is 13.3. The van der Waals surface area contributed by atoms with Crippen LogP contribution in [0.25, 0.3) is 0 Å². The number of hydrogen-bond acceptors (Lipinski definition) is 3. The number of carboxylic acid groups (broad SMARTS) is 1. The van der Waals surface area contributed by atoms with Crippen LogP contribution in [-0.4, -0.2) is 35.7 Å². The maximum atomic E-state index is 13.3. The van der Waals surface area contributed by atoms with Gasteiger partial charge in [-0.15, -0.1) is 0 Å². The summed E-state index contributed by atoms with van der Waals surface area (Å²) >= 11 is 1.67. The zero-order valence-corrected chi connectivity index (χ0v) is 11.2. The van der Waals surface area contributed by atoms with E-state index < -0.39 is 23.4 Å². The highest BCUT2D eigenvalue weighted by atomic mass is 32.2. The fourth-order valence-corrected chi connectivity index (χ4v) is 1.86. The zero-order valence-electron chi connectivity index (χ0n) is 10.4. The first-order chi connectivity index (χ1) is 9.06. The summed E-state index contributed by atoms with van der Waals surface area (Å²) in [5.41, 5.74) is -0.600. The second-order valence-electron chi connectivity index (χ2n) is 3.69. The molecule has 3 N–H and O–H groups in total. The molecule has 0 fully saturated rings. The third-order valence-corrected chi connectivity index (χ3v) is 2.98. The molecule has 7 heteroatoms. The minimum absolute atomic E-state index is 0.0603. The van der Waals surface area contributed by atoms with Crippen molar-refractivity contribution in [1.29, 1.82) is 0 Å². The predicted molar refractivity (Wildman–Crippen MR) is 73.4 cm³/mol. The minimum Gasteiger partial charge on any atom is -0.478 e. The highest BCUT2D eigenvalue weighted by Crippen LogP contribution is 2.18. The van der Waals surface area contributed by atoms with Crippen LogP contribution in [0.4, 0.5) is 14.9 Å². The molecule has 1 aromatic carbocycles. The second-order valence-corrected chi connectivity index (χ2v) is 4.68. The minimum atomic E-state index is -1.42. The van der Waals surface area contributed by atoms with E-state index in [0.717, 1.165) is 18.2 Å². The van der Waals surface area contributed by atoms with E-state index in [1.54, 1.807) is 11.8 Å². The van der Waals surface area contributed by atoms with Crippen LogP contribution in [0.15, 0.2) is 18.2 Å². The Labute approximate surface area is 114 Å². The number of rotatable bonds is 6. The molecular weight excluding hydrogens is 271 g/mol. The van der Waals surface area contributed by atoms with E-state index in [4.69, 9.17) is 5.11 Å². The summed E-state index contributed by atoms with van der Waals surface area (Å²) in [7, 11) is 0. The van der Waals surface area contributed by atoms with Gasteiger partial charge in [-0.3, -0.25) is 0 Å². The van der Waals surface area contributed by atoms with Crippen LogP contribution < -0.4 is 10.6 Å². The quantitative estimate of drug-likeness (QED) is 0.702. The molecular formula is C12H15FN2O3S. The van der Waals surface area contributed by atoms with Crippen molar-refractivity contribution in [2.75, 3.05) is 23.9 Å². The number of carboxylic acids is 1. The van der Waals surface area contributed by atoms with E-state index in [9.17, 15) is 14.0 Å². The number of amides is 2. The summed E-state index contributed by atoms with van der Waals surface area (Å²) in [5.74, 6) is -1.39. The Morgan fingerprint density at radius 3 is 2.79 bits per heavy atom. The first-order valence-electron chi connectivity index (χ1n) is 5.62. The van der Waals surface area contributed by atoms with Crippen molar-refractivity contribution in [2.24, 2.45) is 0 Å². The molecule has 104 valence electrons. The molecule has 0 saturated carbocycles. The van der Waals surface area contributed by atoms with Gasteiger partial charge in [0.25, 0.3) is 0 Å². The van der Waals surface area contributed by atoms with Gasteiger partial charge in [0.05, 0.1) is 5.69 Å². The lowest BCUT2D eigenvalue weighted by Gasteiger charge is -2.10. The molecule has 0 aliphatic carbocycles. The molecule has 19 heavy (non-hydrogen) atoms. The summed E-state index contributed by atoms with van der Waals surface area (Å²) in [6.07, 6.45) is 2.77. The summed E-state index contributed by atoms with van der Waals surface area (Å²) in [4.78, 5) is 22.4. The fraction of sp³-hybridized carbons (Fsp3) is 0.333. The van der Waals surface area contributed by atoms with Crippen molar-refractivity contribution in [3.8, 4) is 0 Å². The van der Waals surface area contributed by atoms with Gasteiger partial charge in [-0.25, -0.2) is 14.0 Å². The van der Waals surface area contributed by atoms with Crippen LogP contribution >= 0.6 is 11.8 Å². The average Bonchev–Trinajstić information content (AvgIpc) is 2.34. The summed E-state index contributed by atoms with van der Waals surface area (Å²) in [5, 5.41) is 13.8. The third-order valence-electron chi connectivity index (χ3n) is 2.29. The van der Waals surface area contributed by atoms with Crippen LogP contribution in [0.3, 0.4) is 0 Å². The maximum absolute atomic E-state index is 13.3. The van der Waals surface area contributed by atoms with Crippen LogP contribution in [0.1, 0.15) is 16.8 Å². The Morgan fingerprint density at radius 1 is 1.42 bits per heavy atom. The predicted octanol–water partition coefficient (Wildman–Crippen LogP) is 2.40.